The van der Waals surface area contributed by atoms with Crippen LogP contribution in [0.2, 0.25) is 0 Å². The van der Waals surface area contributed by atoms with Crippen LogP contribution < -0.4 is 5.32 Å². The number of amides is 2. The largest absolute Gasteiger partial charge is 0.336 e. The fourth-order valence-corrected chi connectivity index (χ4v) is 2.83. The average molecular weight is 312 g/mol. The minimum Gasteiger partial charge on any atom is -0.336 e. The van der Waals surface area contributed by atoms with E-state index in [0.29, 0.717) is 19.0 Å². The molecule has 0 aliphatic heterocycles. The van der Waals surface area contributed by atoms with Crippen molar-refractivity contribution in [2.24, 2.45) is 5.92 Å². The van der Waals surface area contributed by atoms with E-state index in [0.717, 1.165) is 6.54 Å². The number of nitrogens with zero attached hydrogens (tertiary/aromatic N) is 3. The van der Waals surface area contributed by atoms with Crippen LogP contribution in [0.5, 0.6) is 0 Å². The number of hydrogen-bond acceptors (Lipinski definition) is 2. The van der Waals surface area contributed by atoms with E-state index in [4.69, 9.17) is 0 Å². The van der Waals surface area contributed by atoms with Gasteiger partial charge in [0.2, 0.25) is 0 Å². The Morgan fingerprint density at radius 2 is 2.17 bits per heavy atom. The third-order valence-electron chi connectivity index (χ3n) is 4.46. The van der Waals surface area contributed by atoms with Crippen molar-refractivity contribution in [3.8, 4) is 0 Å². The van der Waals surface area contributed by atoms with E-state index in [1.807, 2.05) is 33.9 Å². The van der Waals surface area contributed by atoms with Gasteiger partial charge in [-0.2, -0.15) is 0 Å². The second kappa shape index (κ2) is 7.31. The van der Waals surface area contributed by atoms with E-state index in [1.165, 1.54) is 18.4 Å². The second-order valence-electron chi connectivity index (χ2n) is 6.22. The number of carbonyl (C=O) groups excluding carboxylic acids is 1. The van der Waals surface area contributed by atoms with Crippen LogP contribution in [0.25, 0.3) is 0 Å². The summed E-state index contributed by atoms with van der Waals surface area (Å²) in [5, 5.41) is 3.04. The van der Waals surface area contributed by atoms with Gasteiger partial charge in [-0.3, -0.25) is 0 Å². The molecule has 1 heterocycles. The van der Waals surface area contributed by atoms with E-state index in [9.17, 15) is 4.79 Å². The molecule has 1 fully saturated rings. The molecule has 1 atom stereocenters. The van der Waals surface area contributed by atoms with Gasteiger partial charge >= 0.3 is 6.03 Å². The summed E-state index contributed by atoms with van der Waals surface area (Å²) in [6.07, 6.45) is 7.88. The lowest BCUT2D eigenvalue weighted by Gasteiger charge is -2.29. The predicted molar refractivity (Wildman–Crippen MR) is 89.8 cm³/mol. The predicted octanol–water partition coefficient (Wildman–Crippen LogP) is 2.89. The standard InChI is InChI=1S/C18H24N4O/c1-15(17-7-8-17)22(13-16-5-3-2-4-6-16)18(23)20-10-12-21-11-9-19-14-21/h2-6,9,11,14-15,17H,7-8,10,12-13H2,1H3,(H,20,23). The lowest BCUT2D eigenvalue weighted by Crippen LogP contribution is -2.46. The molecule has 5 nitrogen and oxygen atoms in total. The van der Waals surface area contributed by atoms with E-state index in [2.05, 4.69) is 29.4 Å². The summed E-state index contributed by atoms with van der Waals surface area (Å²) in [6, 6.07) is 10.5. The lowest BCUT2D eigenvalue weighted by molar-refractivity contribution is 0.167. The third-order valence-corrected chi connectivity index (χ3v) is 4.46. The molecule has 0 spiro atoms. The maximum absolute atomic E-state index is 12.6. The zero-order valence-corrected chi connectivity index (χ0v) is 13.6. The van der Waals surface area contributed by atoms with Crippen LogP contribution in [-0.4, -0.2) is 33.1 Å². The van der Waals surface area contributed by atoms with Crippen molar-refractivity contribution in [2.45, 2.75) is 38.9 Å². The van der Waals surface area contributed by atoms with Gasteiger partial charge in [-0.15, -0.1) is 0 Å². The monoisotopic (exact) mass is 312 g/mol. The van der Waals surface area contributed by atoms with Gasteiger partial charge in [-0.1, -0.05) is 30.3 Å². The van der Waals surface area contributed by atoms with Crippen LogP contribution in [0.15, 0.2) is 49.1 Å². The zero-order chi connectivity index (χ0) is 16.1. The van der Waals surface area contributed by atoms with Crippen molar-refractivity contribution >= 4 is 6.03 Å². The van der Waals surface area contributed by atoms with Crippen molar-refractivity contribution < 1.29 is 4.79 Å². The van der Waals surface area contributed by atoms with Crippen LogP contribution in [0.4, 0.5) is 4.79 Å². The molecule has 1 aromatic carbocycles. The summed E-state index contributed by atoms with van der Waals surface area (Å²) in [5.41, 5.74) is 1.17. The van der Waals surface area contributed by atoms with Gasteiger partial charge in [0.25, 0.3) is 0 Å². The van der Waals surface area contributed by atoms with Gasteiger partial charge in [0.05, 0.1) is 6.33 Å². The van der Waals surface area contributed by atoms with Crippen molar-refractivity contribution in [3.63, 3.8) is 0 Å². The molecule has 1 aliphatic rings. The zero-order valence-electron chi connectivity index (χ0n) is 13.6. The Balaban J connectivity index is 1.58. The number of urea groups is 1. The fourth-order valence-electron chi connectivity index (χ4n) is 2.83. The Kier molecular flexibility index (Phi) is 4.95. The van der Waals surface area contributed by atoms with Crippen LogP contribution in [0, 0.1) is 5.92 Å². The Hall–Kier alpha value is -2.30. The van der Waals surface area contributed by atoms with Crippen molar-refractivity contribution in [1.29, 1.82) is 0 Å². The fraction of sp³-hybridized carbons (Fsp3) is 0.444. The average Bonchev–Trinajstić information content (AvgIpc) is 3.30. The minimum absolute atomic E-state index is 0.0216. The first-order valence-electron chi connectivity index (χ1n) is 8.28. The second-order valence-corrected chi connectivity index (χ2v) is 6.22. The number of hydrogen-bond donors (Lipinski definition) is 1. The number of aromatic nitrogens is 2. The molecule has 1 unspecified atom stereocenters. The van der Waals surface area contributed by atoms with Gasteiger partial charge in [-0.25, -0.2) is 9.78 Å². The van der Waals surface area contributed by atoms with Crippen molar-refractivity contribution in [1.82, 2.24) is 19.8 Å². The normalized spacial score (nSPS) is 15.2. The van der Waals surface area contributed by atoms with E-state index >= 15 is 0 Å². The van der Waals surface area contributed by atoms with Gasteiger partial charge in [0.1, 0.15) is 0 Å². The third kappa shape index (κ3) is 4.34. The van der Waals surface area contributed by atoms with Gasteiger partial charge in [-0.05, 0) is 31.2 Å². The Morgan fingerprint density at radius 1 is 1.39 bits per heavy atom. The Labute approximate surface area is 137 Å². The molecule has 1 aromatic heterocycles. The summed E-state index contributed by atoms with van der Waals surface area (Å²) in [6.45, 7) is 4.17. The molecular formula is C18H24N4O. The molecule has 2 aromatic rings. The molecule has 0 radical (unpaired) electrons. The first-order chi connectivity index (χ1) is 11.2. The smallest absolute Gasteiger partial charge is 0.318 e. The molecule has 122 valence electrons. The number of imidazole rings is 1. The Bertz CT molecular complexity index is 607. The number of benzene rings is 1. The number of rotatable bonds is 7. The highest BCUT2D eigenvalue weighted by Gasteiger charge is 2.34. The van der Waals surface area contributed by atoms with Gasteiger partial charge < -0.3 is 14.8 Å². The van der Waals surface area contributed by atoms with Crippen molar-refractivity contribution in [3.05, 3.63) is 54.6 Å². The molecule has 0 saturated heterocycles. The van der Waals surface area contributed by atoms with Crippen molar-refractivity contribution in [2.75, 3.05) is 6.54 Å². The molecule has 0 bridgehead atoms. The van der Waals surface area contributed by atoms with E-state index in [-0.39, 0.29) is 12.1 Å². The quantitative estimate of drug-likeness (QED) is 0.854. The minimum atomic E-state index is 0.0216. The first-order valence-corrected chi connectivity index (χ1v) is 8.28. The first kappa shape index (κ1) is 15.6. The molecule has 23 heavy (non-hydrogen) atoms. The number of nitrogens with one attached hydrogen (secondary N) is 1. The van der Waals surface area contributed by atoms with Gasteiger partial charge in [0, 0.05) is 38.1 Å². The van der Waals surface area contributed by atoms with Gasteiger partial charge in [0.15, 0.2) is 0 Å². The molecule has 3 rings (SSSR count). The van der Waals surface area contributed by atoms with Crippen LogP contribution in [-0.2, 0) is 13.1 Å². The van der Waals surface area contributed by atoms with Crippen LogP contribution in [0.1, 0.15) is 25.3 Å². The highest BCUT2D eigenvalue weighted by molar-refractivity contribution is 5.74. The maximum atomic E-state index is 12.6. The summed E-state index contributed by atoms with van der Waals surface area (Å²) in [5.74, 6) is 0.651. The molecule has 1 saturated carbocycles. The molecule has 1 aliphatic carbocycles. The molecule has 5 heteroatoms. The summed E-state index contributed by atoms with van der Waals surface area (Å²) < 4.78 is 1.96. The van der Waals surface area contributed by atoms with Crippen LogP contribution in [0.3, 0.4) is 0 Å². The van der Waals surface area contributed by atoms with E-state index < -0.39 is 0 Å². The summed E-state index contributed by atoms with van der Waals surface area (Å²) in [4.78, 5) is 18.6. The molecule has 2 amide bonds. The molecule has 1 N–H and O–H groups in total. The topological polar surface area (TPSA) is 50.2 Å². The maximum Gasteiger partial charge on any atom is 0.318 e. The highest BCUT2D eigenvalue weighted by atomic mass is 16.2. The SMILES string of the molecule is CC(C1CC1)N(Cc1ccccc1)C(=O)NCCn1ccnc1. The summed E-state index contributed by atoms with van der Waals surface area (Å²) >= 11 is 0. The van der Waals surface area contributed by atoms with Crippen LogP contribution >= 0.6 is 0 Å². The van der Waals surface area contributed by atoms with E-state index in [1.54, 1.807) is 12.5 Å². The lowest BCUT2D eigenvalue weighted by atomic mass is 10.1. The summed E-state index contributed by atoms with van der Waals surface area (Å²) in [7, 11) is 0. The number of carbonyl (C=O) groups is 1. The molecular weight excluding hydrogens is 288 g/mol. The Morgan fingerprint density at radius 3 is 2.83 bits per heavy atom. The highest BCUT2D eigenvalue weighted by Crippen LogP contribution is 2.35.